The normalized spacial score (nSPS) is 14.5. The van der Waals surface area contributed by atoms with Gasteiger partial charge in [0.25, 0.3) is 13.4 Å². The Balaban J connectivity index is 1.24. The van der Waals surface area contributed by atoms with Crippen LogP contribution in [0, 0.1) is 0 Å². The van der Waals surface area contributed by atoms with Crippen LogP contribution in [0.25, 0.3) is 27.5 Å². The van der Waals surface area contributed by atoms with Crippen molar-refractivity contribution >= 4 is 119 Å². The zero-order chi connectivity index (χ0) is 34.8. The van der Waals surface area contributed by atoms with E-state index in [4.69, 9.17) is 0 Å². The molecule has 0 saturated carbocycles. The Labute approximate surface area is 312 Å². The minimum absolute atomic E-state index is 0.0719. The molecule has 0 atom stereocenters. The maximum atomic E-state index is 2.60. The first-order valence-corrected chi connectivity index (χ1v) is 19.0. The molecule has 0 unspecified atom stereocenters. The van der Waals surface area contributed by atoms with Gasteiger partial charge in [0.15, 0.2) is 0 Å². The Morgan fingerprint density at radius 2 is 0.722 bits per heavy atom. The highest BCUT2D eigenvalue weighted by Gasteiger charge is 2.55. The SMILES string of the molecule is c1ccc(N2c3cccc4c3B3c5c2ccc2c5B5c6c(cccc6-n6c7ccccc7c7cc(c3c5c76)N4c3ccccc3)N2c2ccccc2)cc1. The van der Waals surface area contributed by atoms with Crippen molar-refractivity contribution in [2.24, 2.45) is 0 Å². The highest BCUT2D eigenvalue weighted by molar-refractivity contribution is 7.16. The van der Waals surface area contributed by atoms with Crippen molar-refractivity contribution in [3.05, 3.63) is 170 Å². The molecule has 0 N–H and O–H groups in total. The fraction of sp³-hybridized carbons (Fsp3) is 0. The third kappa shape index (κ3) is 3.07. The number of hydrogen-bond donors (Lipinski definition) is 0. The van der Waals surface area contributed by atoms with Crippen LogP contribution in [-0.4, -0.2) is 18.0 Å². The van der Waals surface area contributed by atoms with Gasteiger partial charge in [-0.25, -0.2) is 0 Å². The molecule has 54 heavy (non-hydrogen) atoms. The molecule has 9 aromatic rings. The van der Waals surface area contributed by atoms with E-state index in [0.717, 1.165) is 0 Å². The third-order valence-corrected chi connectivity index (χ3v) is 12.8. The van der Waals surface area contributed by atoms with Gasteiger partial charge in [-0.2, -0.15) is 0 Å². The lowest BCUT2D eigenvalue weighted by Gasteiger charge is -2.51. The molecule has 0 spiro atoms. The summed E-state index contributed by atoms with van der Waals surface area (Å²) in [6.07, 6.45) is 0. The molecule has 6 heterocycles. The van der Waals surface area contributed by atoms with Crippen molar-refractivity contribution in [1.29, 1.82) is 0 Å². The first kappa shape index (κ1) is 27.7. The zero-order valence-electron chi connectivity index (χ0n) is 29.1. The van der Waals surface area contributed by atoms with Crippen LogP contribution in [0.1, 0.15) is 0 Å². The number of benzene rings is 8. The molecular weight excluding hydrogens is 654 g/mol. The van der Waals surface area contributed by atoms with Gasteiger partial charge in [0, 0.05) is 73.2 Å². The van der Waals surface area contributed by atoms with Crippen LogP contribution in [0.3, 0.4) is 0 Å². The van der Waals surface area contributed by atoms with E-state index in [9.17, 15) is 0 Å². The van der Waals surface area contributed by atoms with Gasteiger partial charge in [0.1, 0.15) is 0 Å². The molecule has 1 aromatic heterocycles. The number of hydrogen-bond acceptors (Lipinski definition) is 3. The van der Waals surface area contributed by atoms with Gasteiger partial charge in [-0.05, 0) is 118 Å². The van der Waals surface area contributed by atoms with E-state index in [1.807, 2.05) is 0 Å². The van der Waals surface area contributed by atoms with E-state index < -0.39 is 0 Å². The molecule has 0 bridgehead atoms. The summed E-state index contributed by atoms with van der Waals surface area (Å²) in [6, 6.07) is 63.3. The van der Waals surface area contributed by atoms with Gasteiger partial charge in [-0.3, -0.25) is 0 Å². The van der Waals surface area contributed by atoms with Crippen molar-refractivity contribution in [3.8, 4) is 5.69 Å². The summed E-state index contributed by atoms with van der Waals surface area (Å²) in [4.78, 5) is 7.65. The minimum Gasteiger partial charge on any atom is -0.311 e. The van der Waals surface area contributed by atoms with Gasteiger partial charge in [0.2, 0.25) is 0 Å². The summed E-state index contributed by atoms with van der Waals surface area (Å²) in [5.41, 5.74) is 23.6. The van der Waals surface area contributed by atoms with Crippen LogP contribution in [0.2, 0.25) is 0 Å². The summed E-state index contributed by atoms with van der Waals surface area (Å²) in [6.45, 7) is 0.149. The van der Waals surface area contributed by atoms with Gasteiger partial charge in [-0.1, -0.05) is 84.9 Å². The summed E-state index contributed by atoms with van der Waals surface area (Å²) in [5.74, 6) is 0. The summed E-state index contributed by atoms with van der Waals surface area (Å²) in [5, 5.41) is 2.62. The quantitative estimate of drug-likeness (QED) is 0.177. The van der Waals surface area contributed by atoms with Crippen molar-refractivity contribution in [2.75, 3.05) is 14.7 Å². The molecule has 6 heteroatoms. The standard InChI is InChI=1S/C48H28B2N4/c1-4-14-29(15-5-1)51-35-22-12-24-37-42(35)49-44-39(51)26-27-40-45(44)50-43-36(52(40)30-16-6-2-7-17-30)23-13-25-38(43)54-34-21-11-10-20-32(34)33-28-41(46(49)47(50)48(33)54)53(37)31-18-8-3-9-19-31/h1-28H. The first-order chi connectivity index (χ1) is 26.9. The van der Waals surface area contributed by atoms with Crippen molar-refractivity contribution in [1.82, 2.24) is 4.57 Å². The lowest BCUT2D eigenvalue weighted by molar-refractivity contribution is 1.17. The third-order valence-electron chi connectivity index (χ3n) is 12.8. The molecule has 5 aliphatic heterocycles. The number of anilines is 9. The fourth-order valence-corrected chi connectivity index (χ4v) is 11.1. The summed E-state index contributed by atoms with van der Waals surface area (Å²) < 4.78 is 2.60. The van der Waals surface area contributed by atoms with Crippen LogP contribution in [0.15, 0.2) is 170 Å². The lowest BCUT2D eigenvalue weighted by Crippen LogP contribution is -2.80. The summed E-state index contributed by atoms with van der Waals surface area (Å²) in [7, 11) is 0. The van der Waals surface area contributed by atoms with Gasteiger partial charge in [-0.15, -0.1) is 0 Å². The van der Waals surface area contributed by atoms with Gasteiger partial charge < -0.3 is 19.3 Å². The van der Waals surface area contributed by atoms with E-state index in [1.54, 1.807) is 0 Å². The van der Waals surface area contributed by atoms with E-state index in [-0.39, 0.29) is 13.4 Å². The topological polar surface area (TPSA) is 14.7 Å². The smallest absolute Gasteiger partial charge is 0.251 e. The molecule has 0 fully saturated rings. The highest BCUT2D eigenvalue weighted by atomic mass is 15.2. The minimum atomic E-state index is 0.0719. The van der Waals surface area contributed by atoms with E-state index >= 15 is 0 Å². The Kier molecular flexibility index (Phi) is 4.90. The number of rotatable bonds is 3. The van der Waals surface area contributed by atoms with E-state index in [0.29, 0.717) is 0 Å². The second kappa shape index (κ2) is 9.54. The molecule has 5 aliphatic rings. The zero-order valence-corrected chi connectivity index (χ0v) is 29.1. The maximum absolute atomic E-state index is 2.60. The van der Waals surface area contributed by atoms with Gasteiger partial charge in [0.05, 0.1) is 5.52 Å². The molecule has 14 rings (SSSR count). The molecule has 0 amide bonds. The molecular formula is C48H28B2N4. The van der Waals surface area contributed by atoms with Crippen LogP contribution in [0.5, 0.6) is 0 Å². The van der Waals surface area contributed by atoms with Gasteiger partial charge >= 0.3 is 0 Å². The Hall–Kier alpha value is -6.91. The largest absolute Gasteiger partial charge is 0.311 e. The number of para-hydroxylation sites is 4. The van der Waals surface area contributed by atoms with Crippen LogP contribution >= 0.6 is 0 Å². The molecule has 0 radical (unpaired) electrons. The molecule has 8 aromatic carbocycles. The number of nitrogens with zero attached hydrogens (tertiary/aromatic N) is 4. The predicted octanol–water partition coefficient (Wildman–Crippen LogP) is 7.79. The monoisotopic (exact) mass is 682 g/mol. The Bertz CT molecular complexity index is 3140. The second-order valence-corrected chi connectivity index (χ2v) is 15.2. The van der Waals surface area contributed by atoms with Crippen molar-refractivity contribution in [3.63, 3.8) is 0 Å². The van der Waals surface area contributed by atoms with Crippen LogP contribution < -0.4 is 47.5 Å². The van der Waals surface area contributed by atoms with Crippen molar-refractivity contribution in [2.45, 2.75) is 0 Å². The van der Waals surface area contributed by atoms with Crippen LogP contribution in [-0.2, 0) is 0 Å². The predicted molar refractivity (Wildman–Crippen MR) is 228 cm³/mol. The molecule has 0 aliphatic carbocycles. The van der Waals surface area contributed by atoms with Crippen molar-refractivity contribution < 1.29 is 0 Å². The highest BCUT2D eigenvalue weighted by Crippen LogP contribution is 2.49. The second-order valence-electron chi connectivity index (χ2n) is 15.2. The summed E-state index contributed by atoms with van der Waals surface area (Å²) >= 11 is 0. The number of fused-ring (bicyclic) bond motifs is 4. The van der Waals surface area contributed by atoms with Crippen LogP contribution in [0.4, 0.5) is 51.2 Å². The maximum Gasteiger partial charge on any atom is 0.251 e. The van der Waals surface area contributed by atoms with E-state index in [1.165, 1.54) is 111 Å². The Morgan fingerprint density at radius 3 is 1.30 bits per heavy atom. The Morgan fingerprint density at radius 1 is 0.296 bits per heavy atom. The van der Waals surface area contributed by atoms with E-state index in [2.05, 4.69) is 189 Å². The first-order valence-electron chi connectivity index (χ1n) is 19.0. The molecule has 246 valence electrons. The molecule has 4 nitrogen and oxygen atoms in total. The average molecular weight is 682 g/mol. The number of aromatic nitrogens is 1. The molecule has 0 saturated heterocycles. The lowest BCUT2D eigenvalue weighted by atomic mass is 9.18. The average Bonchev–Trinajstić information content (AvgIpc) is 3.57. The fourth-order valence-electron chi connectivity index (χ4n) is 11.1.